The van der Waals surface area contributed by atoms with Crippen LogP contribution in [-0.4, -0.2) is 29.4 Å². The van der Waals surface area contributed by atoms with Crippen LogP contribution in [0.15, 0.2) is 23.1 Å². The van der Waals surface area contributed by atoms with Crippen LogP contribution in [0.5, 0.6) is 0 Å². The fourth-order valence-corrected chi connectivity index (χ4v) is 1.63. The van der Waals surface area contributed by atoms with Gasteiger partial charge in [-0.05, 0) is 25.3 Å². The van der Waals surface area contributed by atoms with E-state index in [0.29, 0.717) is 31.0 Å². The van der Waals surface area contributed by atoms with Crippen molar-refractivity contribution >= 4 is 11.8 Å². The van der Waals surface area contributed by atoms with Crippen LogP contribution in [-0.2, 0) is 4.79 Å². The quantitative estimate of drug-likeness (QED) is 0.639. The molecule has 0 unspecified atom stereocenters. The lowest BCUT2D eigenvalue weighted by Gasteiger charge is -2.05. The minimum absolute atomic E-state index is 0.0424. The van der Waals surface area contributed by atoms with Crippen molar-refractivity contribution in [1.82, 2.24) is 15.6 Å². The minimum Gasteiger partial charge on any atom is -0.353 e. The second-order valence-corrected chi connectivity index (χ2v) is 4.64. The van der Waals surface area contributed by atoms with Crippen LogP contribution in [0.1, 0.15) is 36.0 Å². The van der Waals surface area contributed by atoms with Crippen LogP contribution >= 0.6 is 0 Å². The van der Waals surface area contributed by atoms with E-state index in [4.69, 9.17) is 0 Å². The number of aromatic nitrogens is 1. The van der Waals surface area contributed by atoms with Crippen molar-refractivity contribution < 1.29 is 9.59 Å². The molecule has 2 amide bonds. The number of aromatic amines is 1. The molecule has 0 saturated heterocycles. The molecule has 0 bridgehead atoms. The van der Waals surface area contributed by atoms with E-state index in [1.807, 2.05) is 0 Å². The molecule has 1 aromatic rings. The van der Waals surface area contributed by atoms with Crippen molar-refractivity contribution in [2.45, 2.75) is 31.7 Å². The summed E-state index contributed by atoms with van der Waals surface area (Å²) in [6.07, 6.45) is 4.55. The molecule has 6 heteroatoms. The minimum atomic E-state index is -0.251. The van der Waals surface area contributed by atoms with Crippen molar-refractivity contribution in [2.75, 3.05) is 6.54 Å². The normalized spacial score (nSPS) is 13.9. The molecule has 2 rings (SSSR count). The number of rotatable bonds is 6. The van der Waals surface area contributed by atoms with Crippen LogP contribution < -0.4 is 16.2 Å². The molecule has 0 aliphatic heterocycles. The maximum Gasteiger partial charge on any atom is 0.252 e. The smallest absolute Gasteiger partial charge is 0.252 e. The molecule has 1 aromatic heterocycles. The van der Waals surface area contributed by atoms with Gasteiger partial charge < -0.3 is 15.6 Å². The monoisotopic (exact) mass is 263 g/mol. The molecule has 3 N–H and O–H groups in total. The van der Waals surface area contributed by atoms with Crippen molar-refractivity contribution in [3.05, 3.63) is 34.2 Å². The van der Waals surface area contributed by atoms with Crippen molar-refractivity contribution in [3.63, 3.8) is 0 Å². The molecule has 1 fully saturated rings. The first-order chi connectivity index (χ1) is 9.15. The molecule has 1 aliphatic carbocycles. The molecular formula is C13H17N3O3. The predicted molar refractivity (Wildman–Crippen MR) is 69.8 cm³/mol. The van der Waals surface area contributed by atoms with Gasteiger partial charge in [0.1, 0.15) is 0 Å². The summed E-state index contributed by atoms with van der Waals surface area (Å²) in [7, 11) is 0. The van der Waals surface area contributed by atoms with E-state index in [2.05, 4.69) is 15.6 Å². The fraction of sp³-hybridized carbons (Fsp3) is 0.462. The van der Waals surface area contributed by atoms with Gasteiger partial charge in [0, 0.05) is 31.3 Å². The van der Waals surface area contributed by atoms with Gasteiger partial charge >= 0.3 is 0 Å². The van der Waals surface area contributed by atoms with Crippen LogP contribution in [0.2, 0.25) is 0 Å². The van der Waals surface area contributed by atoms with E-state index in [1.165, 1.54) is 18.3 Å². The summed E-state index contributed by atoms with van der Waals surface area (Å²) in [6, 6.07) is 3.15. The van der Waals surface area contributed by atoms with Gasteiger partial charge in [-0.3, -0.25) is 14.4 Å². The summed E-state index contributed by atoms with van der Waals surface area (Å²) in [5.41, 5.74) is 0.162. The molecule has 1 saturated carbocycles. The molecule has 0 aromatic carbocycles. The van der Waals surface area contributed by atoms with E-state index in [1.54, 1.807) is 0 Å². The number of carbonyl (C=O) groups is 2. The summed E-state index contributed by atoms with van der Waals surface area (Å²) in [4.78, 5) is 36.3. The lowest BCUT2D eigenvalue weighted by atomic mass is 10.2. The van der Waals surface area contributed by atoms with Gasteiger partial charge in [0.25, 0.3) is 5.91 Å². The lowest BCUT2D eigenvalue weighted by Crippen LogP contribution is -2.28. The molecule has 1 heterocycles. The largest absolute Gasteiger partial charge is 0.353 e. The van der Waals surface area contributed by atoms with Crippen LogP contribution in [0.25, 0.3) is 0 Å². The van der Waals surface area contributed by atoms with Gasteiger partial charge in [0.15, 0.2) is 0 Å². The Hall–Kier alpha value is -2.11. The lowest BCUT2D eigenvalue weighted by molar-refractivity contribution is -0.121. The molecule has 0 spiro atoms. The Balaban J connectivity index is 1.64. The topological polar surface area (TPSA) is 91.1 Å². The maximum atomic E-state index is 11.7. The van der Waals surface area contributed by atoms with Crippen LogP contribution in [0, 0.1) is 0 Å². The van der Waals surface area contributed by atoms with E-state index in [0.717, 1.165) is 12.8 Å². The van der Waals surface area contributed by atoms with E-state index >= 15 is 0 Å². The first-order valence-electron chi connectivity index (χ1n) is 6.41. The first-order valence-corrected chi connectivity index (χ1v) is 6.41. The average Bonchev–Trinajstić information content (AvgIpc) is 3.19. The Morgan fingerprint density at radius 2 is 2.11 bits per heavy atom. The van der Waals surface area contributed by atoms with Gasteiger partial charge in [0.2, 0.25) is 11.5 Å². The second-order valence-electron chi connectivity index (χ2n) is 4.64. The SMILES string of the molecule is O=C(CCCNC(=O)c1ccc(=O)[nH]c1)NC1CC1. The Bertz CT molecular complexity index is 500. The number of amides is 2. The Morgan fingerprint density at radius 1 is 1.32 bits per heavy atom. The summed E-state index contributed by atoms with van der Waals surface area (Å²) < 4.78 is 0. The number of hydrogen-bond donors (Lipinski definition) is 3. The Morgan fingerprint density at radius 3 is 2.74 bits per heavy atom. The third-order valence-corrected chi connectivity index (χ3v) is 2.86. The maximum absolute atomic E-state index is 11.7. The van der Waals surface area contributed by atoms with E-state index in [-0.39, 0.29) is 17.4 Å². The van der Waals surface area contributed by atoms with E-state index < -0.39 is 0 Å². The highest BCUT2D eigenvalue weighted by Gasteiger charge is 2.22. The second kappa shape index (κ2) is 6.17. The van der Waals surface area contributed by atoms with Crippen molar-refractivity contribution in [2.24, 2.45) is 0 Å². The third-order valence-electron chi connectivity index (χ3n) is 2.86. The zero-order valence-corrected chi connectivity index (χ0v) is 10.6. The summed E-state index contributed by atoms with van der Waals surface area (Å²) in [5.74, 6) is -0.209. The first kappa shape index (κ1) is 13.3. The number of pyridine rings is 1. The van der Waals surface area contributed by atoms with Gasteiger partial charge in [-0.15, -0.1) is 0 Å². The standard InChI is InChI=1S/C13H17N3O3/c17-11-6-3-9(8-15-11)13(19)14-7-1-2-12(18)16-10-4-5-10/h3,6,8,10H,1-2,4-5,7H2,(H,14,19)(H,15,17)(H,16,18). The van der Waals surface area contributed by atoms with E-state index in [9.17, 15) is 14.4 Å². The summed E-state index contributed by atoms with van der Waals surface area (Å²) >= 11 is 0. The molecule has 102 valence electrons. The van der Waals surface area contributed by atoms with Gasteiger partial charge in [-0.2, -0.15) is 0 Å². The summed E-state index contributed by atoms with van der Waals surface area (Å²) in [6.45, 7) is 0.441. The number of nitrogens with one attached hydrogen (secondary N) is 3. The van der Waals surface area contributed by atoms with Crippen LogP contribution in [0.3, 0.4) is 0 Å². The molecule has 1 aliphatic rings. The fourth-order valence-electron chi connectivity index (χ4n) is 1.63. The van der Waals surface area contributed by atoms with Crippen molar-refractivity contribution in [1.29, 1.82) is 0 Å². The molecule has 0 radical (unpaired) electrons. The van der Waals surface area contributed by atoms with Gasteiger partial charge in [-0.1, -0.05) is 0 Å². The highest BCUT2D eigenvalue weighted by atomic mass is 16.2. The molecule has 0 atom stereocenters. The summed E-state index contributed by atoms with van der Waals surface area (Å²) in [5, 5.41) is 5.59. The highest BCUT2D eigenvalue weighted by Crippen LogP contribution is 2.18. The Kier molecular flexibility index (Phi) is 4.33. The highest BCUT2D eigenvalue weighted by molar-refractivity contribution is 5.93. The van der Waals surface area contributed by atoms with Crippen LogP contribution in [0.4, 0.5) is 0 Å². The molecular weight excluding hydrogens is 246 g/mol. The van der Waals surface area contributed by atoms with Gasteiger partial charge in [-0.25, -0.2) is 0 Å². The number of H-pyrrole nitrogens is 1. The Labute approximate surface area is 110 Å². The van der Waals surface area contributed by atoms with Gasteiger partial charge in [0.05, 0.1) is 5.56 Å². The third kappa shape index (κ3) is 4.57. The van der Waals surface area contributed by atoms with Crippen molar-refractivity contribution in [3.8, 4) is 0 Å². The number of carbonyl (C=O) groups excluding carboxylic acids is 2. The predicted octanol–water partition coefficient (Wildman–Crippen LogP) is 0.163. The zero-order chi connectivity index (χ0) is 13.7. The average molecular weight is 263 g/mol. The molecule has 19 heavy (non-hydrogen) atoms. The number of hydrogen-bond acceptors (Lipinski definition) is 3. The zero-order valence-electron chi connectivity index (χ0n) is 10.6. The molecule has 6 nitrogen and oxygen atoms in total.